The molecule has 0 spiro atoms. The van der Waals surface area contributed by atoms with Crippen molar-refractivity contribution in [1.82, 2.24) is 0 Å². The number of hydrogen-bond donors (Lipinski definition) is 1. The summed E-state index contributed by atoms with van der Waals surface area (Å²) in [7, 11) is 0. The van der Waals surface area contributed by atoms with Crippen LogP contribution in [0.5, 0.6) is 0 Å². The zero-order valence-electron chi connectivity index (χ0n) is 3.85. The van der Waals surface area contributed by atoms with Gasteiger partial charge in [0.25, 0.3) is 0 Å². The maximum atomic E-state index is 4.96. The van der Waals surface area contributed by atoms with Gasteiger partial charge in [0.2, 0.25) is 0 Å². The van der Waals surface area contributed by atoms with Gasteiger partial charge in [-0.3, -0.25) is 0 Å². The first-order valence-corrected chi connectivity index (χ1v) is 1.78. The van der Waals surface area contributed by atoms with Gasteiger partial charge < -0.3 is 5.73 Å². The van der Waals surface area contributed by atoms with Gasteiger partial charge in [-0.1, -0.05) is 13.0 Å². The molecule has 2 N–H and O–H groups in total. The van der Waals surface area contributed by atoms with E-state index in [0.29, 0.717) is 0 Å². The Hall–Kier alpha value is 0.270. The summed E-state index contributed by atoms with van der Waals surface area (Å²) in [6, 6.07) is 0. The van der Waals surface area contributed by atoms with Crippen LogP contribution >= 0.6 is 24.0 Å². The lowest BCUT2D eigenvalue weighted by molar-refractivity contribution is 1.21. The third-order valence-corrected chi connectivity index (χ3v) is 0.372. The largest absolute Gasteiger partial charge is 0.405 e. The van der Waals surface area contributed by atoms with E-state index >= 15 is 0 Å². The van der Waals surface area contributed by atoms with Crippen LogP contribution in [0.25, 0.3) is 0 Å². The van der Waals surface area contributed by atoms with E-state index in [0.717, 1.165) is 6.42 Å². The molecule has 0 saturated heterocycles. The smallest absolute Gasteiger partial charge is 0.0103 e. The lowest BCUT2D eigenvalue weighted by atomic mass is 10.5. The fraction of sp³-hybridized carbons (Fsp3) is 0.500. The van der Waals surface area contributed by atoms with Gasteiger partial charge in [0.05, 0.1) is 0 Å². The molecule has 0 atom stereocenters. The fourth-order valence-electron chi connectivity index (χ4n) is 0.136. The Labute approximate surface area is 55.6 Å². The highest BCUT2D eigenvalue weighted by molar-refractivity contribution is 14.0. The van der Waals surface area contributed by atoms with Crippen molar-refractivity contribution < 1.29 is 0 Å². The molecule has 6 heavy (non-hydrogen) atoms. The first-order chi connectivity index (χ1) is 2.41. The van der Waals surface area contributed by atoms with E-state index in [2.05, 4.69) is 0 Å². The molecule has 0 heterocycles. The average molecular weight is 199 g/mol. The molecule has 0 aromatic rings. The molecule has 0 aromatic heterocycles. The summed E-state index contributed by atoms with van der Waals surface area (Å²) in [5.74, 6) is 0. The summed E-state index contributed by atoms with van der Waals surface area (Å²) >= 11 is 0. The van der Waals surface area contributed by atoms with Crippen LogP contribution in [0.3, 0.4) is 0 Å². The van der Waals surface area contributed by atoms with Gasteiger partial charge in [-0.15, -0.1) is 24.0 Å². The number of rotatable bonds is 1. The van der Waals surface area contributed by atoms with Crippen molar-refractivity contribution in [3.8, 4) is 0 Å². The Morgan fingerprint density at radius 3 is 2.17 bits per heavy atom. The van der Waals surface area contributed by atoms with E-state index in [-0.39, 0.29) is 24.0 Å². The van der Waals surface area contributed by atoms with Crippen LogP contribution in [0.15, 0.2) is 12.3 Å². The highest BCUT2D eigenvalue weighted by Crippen LogP contribution is 1.69. The molecule has 0 aliphatic rings. The number of allylic oxidation sites excluding steroid dienone is 1. The van der Waals surface area contributed by atoms with Gasteiger partial charge in [0.1, 0.15) is 0 Å². The Morgan fingerprint density at radius 1 is 1.67 bits per heavy atom. The molecular formula is C4H10IN. The normalized spacial score (nSPS) is 8.17. The van der Waals surface area contributed by atoms with E-state index in [1.165, 1.54) is 0 Å². The van der Waals surface area contributed by atoms with E-state index in [1.54, 1.807) is 6.20 Å². The molecule has 0 rings (SSSR count). The van der Waals surface area contributed by atoms with Gasteiger partial charge in [-0.25, -0.2) is 0 Å². The Kier molecular flexibility index (Phi) is 14.3. The SMILES string of the molecule is CCC=CN.I. The van der Waals surface area contributed by atoms with E-state index in [9.17, 15) is 0 Å². The standard InChI is InChI=1S/C4H9N.HI/c1-2-3-4-5;/h3-4H,2,5H2,1H3;1H. The van der Waals surface area contributed by atoms with Crippen molar-refractivity contribution in [1.29, 1.82) is 0 Å². The van der Waals surface area contributed by atoms with Gasteiger partial charge in [0, 0.05) is 0 Å². The summed E-state index contributed by atoms with van der Waals surface area (Å²) in [6.45, 7) is 2.04. The summed E-state index contributed by atoms with van der Waals surface area (Å²) in [4.78, 5) is 0. The quantitative estimate of drug-likeness (QED) is 0.636. The second-order valence-electron chi connectivity index (χ2n) is 0.836. The molecule has 38 valence electrons. The van der Waals surface area contributed by atoms with Crippen molar-refractivity contribution in [3.05, 3.63) is 12.3 Å². The molecule has 0 fully saturated rings. The van der Waals surface area contributed by atoms with E-state index in [1.807, 2.05) is 13.0 Å². The first kappa shape index (κ1) is 9.55. The summed E-state index contributed by atoms with van der Waals surface area (Å²) < 4.78 is 0. The minimum absolute atomic E-state index is 0. The molecule has 1 nitrogen and oxygen atoms in total. The van der Waals surface area contributed by atoms with Crippen LogP contribution in [0.2, 0.25) is 0 Å². The zero-order chi connectivity index (χ0) is 4.12. The number of nitrogens with two attached hydrogens (primary N) is 1. The summed E-state index contributed by atoms with van der Waals surface area (Å²) in [5, 5.41) is 0. The number of halogens is 1. The molecule has 2 heteroatoms. The van der Waals surface area contributed by atoms with Crippen LogP contribution < -0.4 is 5.73 Å². The second kappa shape index (κ2) is 8.99. The van der Waals surface area contributed by atoms with Crippen LogP contribution in [0, 0.1) is 0 Å². The number of hydrogen-bond acceptors (Lipinski definition) is 1. The maximum absolute atomic E-state index is 4.96. The van der Waals surface area contributed by atoms with Gasteiger partial charge in [-0.2, -0.15) is 0 Å². The van der Waals surface area contributed by atoms with Gasteiger partial charge in [0.15, 0.2) is 0 Å². The van der Waals surface area contributed by atoms with Crippen LogP contribution in [-0.4, -0.2) is 0 Å². The molecule has 0 aliphatic heterocycles. The minimum atomic E-state index is 0. The van der Waals surface area contributed by atoms with E-state index in [4.69, 9.17) is 5.73 Å². The van der Waals surface area contributed by atoms with Crippen LogP contribution in [0.4, 0.5) is 0 Å². The second-order valence-corrected chi connectivity index (χ2v) is 0.836. The lowest BCUT2D eigenvalue weighted by Crippen LogP contribution is -1.72. The molecule has 0 aliphatic carbocycles. The highest BCUT2D eigenvalue weighted by Gasteiger charge is 1.52. The monoisotopic (exact) mass is 199 g/mol. The first-order valence-electron chi connectivity index (χ1n) is 1.78. The Morgan fingerprint density at radius 2 is 2.17 bits per heavy atom. The molecular weight excluding hydrogens is 189 g/mol. The molecule has 0 aromatic carbocycles. The molecule has 0 bridgehead atoms. The van der Waals surface area contributed by atoms with Crippen molar-refractivity contribution in [2.24, 2.45) is 5.73 Å². The molecule has 0 unspecified atom stereocenters. The predicted molar refractivity (Wildman–Crippen MR) is 39.0 cm³/mol. The summed E-state index contributed by atoms with van der Waals surface area (Å²) in [5.41, 5.74) is 4.96. The topological polar surface area (TPSA) is 26.0 Å². The summed E-state index contributed by atoms with van der Waals surface area (Å²) in [6.07, 6.45) is 4.50. The fourth-order valence-corrected chi connectivity index (χ4v) is 0.136. The molecule has 0 saturated carbocycles. The Bertz CT molecular complexity index is 34.5. The van der Waals surface area contributed by atoms with Crippen molar-refractivity contribution in [2.45, 2.75) is 13.3 Å². The average Bonchev–Trinajstić information content (AvgIpc) is 1.41. The molecule has 0 amide bonds. The molecule has 0 radical (unpaired) electrons. The van der Waals surface area contributed by atoms with Crippen molar-refractivity contribution in [3.63, 3.8) is 0 Å². The highest BCUT2D eigenvalue weighted by atomic mass is 127. The minimum Gasteiger partial charge on any atom is -0.405 e. The van der Waals surface area contributed by atoms with E-state index < -0.39 is 0 Å². The Balaban J connectivity index is 0. The van der Waals surface area contributed by atoms with Gasteiger partial charge in [-0.05, 0) is 12.6 Å². The maximum Gasteiger partial charge on any atom is -0.0103 e. The predicted octanol–water partition coefficient (Wildman–Crippen LogP) is 1.49. The zero-order valence-corrected chi connectivity index (χ0v) is 6.18. The van der Waals surface area contributed by atoms with Crippen molar-refractivity contribution >= 4 is 24.0 Å². The van der Waals surface area contributed by atoms with Crippen LogP contribution in [-0.2, 0) is 0 Å². The lowest BCUT2D eigenvalue weighted by Gasteiger charge is -1.66. The van der Waals surface area contributed by atoms with Crippen molar-refractivity contribution in [2.75, 3.05) is 0 Å². The van der Waals surface area contributed by atoms with Crippen LogP contribution in [0.1, 0.15) is 13.3 Å². The third kappa shape index (κ3) is 8.86. The van der Waals surface area contributed by atoms with Gasteiger partial charge >= 0.3 is 0 Å². The third-order valence-electron chi connectivity index (χ3n) is 0.372.